The molecule has 0 spiro atoms. The number of amides is 1. The van der Waals surface area contributed by atoms with E-state index in [1.54, 1.807) is 20.9 Å². The minimum Gasteiger partial charge on any atom is -0.329 e. The average Bonchev–Trinajstić information content (AvgIpc) is 2.95. The van der Waals surface area contributed by atoms with Crippen LogP contribution in [0.5, 0.6) is 0 Å². The molecule has 1 fully saturated rings. The maximum atomic E-state index is 12.3. The van der Waals surface area contributed by atoms with Crippen LogP contribution in [-0.2, 0) is 4.79 Å². The van der Waals surface area contributed by atoms with Gasteiger partial charge in [0.15, 0.2) is 0 Å². The Kier molecular flexibility index (Phi) is 3.52. The Balaban J connectivity index is 2.74. The summed E-state index contributed by atoms with van der Waals surface area (Å²) in [6, 6.07) is -0.234. The summed E-state index contributed by atoms with van der Waals surface area (Å²) < 4.78 is 37.0. The Hall–Kier alpha value is -0.780. The molecule has 1 amide bonds. The molecule has 1 aliphatic rings. The number of rotatable bonds is 4. The van der Waals surface area contributed by atoms with Crippen LogP contribution in [0.2, 0.25) is 0 Å². The highest BCUT2D eigenvalue weighted by Gasteiger charge is 2.44. The van der Waals surface area contributed by atoms with E-state index >= 15 is 0 Å². The summed E-state index contributed by atoms with van der Waals surface area (Å²) in [6.07, 6.45) is -2.99. The van der Waals surface area contributed by atoms with E-state index in [1.165, 1.54) is 0 Å². The Morgan fingerprint density at radius 1 is 1.38 bits per heavy atom. The molecule has 1 saturated carbocycles. The van der Waals surface area contributed by atoms with Gasteiger partial charge in [-0.15, -0.1) is 0 Å². The van der Waals surface area contributed by atoms with Crippen LogP contribution in [0.15, 0.2) is 0 Å². The van der Waals surface area contributed by atoms with Gasteiger partial charge in [-0.3, -0.25) is 4.79 Å². The lowest BCUT2D eigenvalue weighted by molar-refractivity contribution is -0.165. The van der Waals surface area contributed by atoms with Crippen molar-refractivity contribution in [3.8, 4) is 0 Å². The maximum Gasteiger partial charge on any atom is 0.406 e. The van der Waals surface area contributed by atoms with Crippen molar-refractivity contribution < 1.29 is 18.0 Å². The van der Waals surface area contributed by atoms with Gasteiger partial charge in [0.2, 0.25) is 5.91 Å². The van der Waals surface area contributed by atoms with E-state index in [-0.39, 0.29) is 6.04 Å². The first kappa shape index (κ1) is 13.3. The summed E-state index contributed by atoms with van der Waals surface area (Å²) in [6.45, 7) is 2.02. The number of nitrogens with zero attached hydrogens (tertiary/aromatic N) is 1. The standard InChI is InChI=1S/C10H17F3N2O/c1-9(2,14-3)8(16)15(7-4-5-7)6-10(11,12)13/h7,14H,4-6H2,1-3H3. The third-order valence-electron chi connectivity index (χ3n) is 2.76. The molecule has 0 aromatic heterocycles. The number of hydrogen-bond donors (Lipinski definition) is 1. The molecule has 0 heterocycles. The summed E-state index contributed by atoms with van der Waals surface area (Å²) in [4.78, 5) is 12.9. The Morgan fingerprint density at radius 3 is 2.19 bits per heavy atom. The van der Waals surface area contributed by atoms with Crippen LogP contribution in [0.1, 0.15) is 26.7 Å². The minimum absolute atomic E-state index is 0.234. The number of carbonyl (C=O) groups is 1. The summed E-state index contributed by atoms with van der Waals surface area (Å²) in [5.41, 5.74) is -0.951. The molecule has 0 atom stereocenters. The Labute approximate surface area is 93.0 Å². The van der Waals surface area contributed by atoms with Crippen LogP contribution in [0.3, 0.4) is 0 Å². The SMILES string of the molecule is CNC(C)(C)C(=O)N(CC(F)(F)F)C1CC1. The van der Waals surface area contributed by atoms with E-state index < -0.39 is 24.2 Å². The Bertz CT molecular complexity index is 272. The topological polar surface area (TPSA) is 32.3 Å². The van der Waals surface area contributed by atoms with Gasteiger partial charge in [0, 0.05) is 6.04 Å². The molecule has 16 heavy (non-hydrogen) atoms. The molecule has 1 rings (SSSR count). The molecule has 0 saturated heterocycles. The summed E-state index contributed by atoms with van der Waals surface area (Å²) in [5, 5.41) is 2.73. The molecule has 0 aromatic rings. The second kappa shape index (κ2) is 4.24. The van der Waals surface area contributed by atoms with Gasteiger partial charge in [-0.25, -0.2) is 0 Å². The van der Waals surface area contributed by atoms with Crippen molar-refractivity contribution in [1.29, 1.82) is 0 Å². The normalized spacial score (nSPS) is 17.4. The molecule has 6 heteroatoms. The van der Waals surface area contributed by atoms with E-state index in [9.17, 15) is 18.0 Å². The van der Waals surface area contributed by atoms with E-state index in [0.29, 0.717) is 12.8 Å². The van der Waals surface area contributed by atoms with E-state index in [2.05, 4.69) is 5.32 Å². The van der Waals surface area contributed by atoms with Gasteiger partial charge in [0.1, 0.15) is 6.54 Å². The van der Waals surface area contributed by atoms with Crippen molar-refractivity contribution in [1.82, 2.24) is 10.2 Å². The lowest BCUT2D eigenvalue weighted by Crippen LogP contribution is -2.55. The van der Waals surface area contributed by atoms with Gasteiger partial charge >= 0.3 is 6.18 Å². The van der Waals surface area contributed by atoms with Gasteiger partial charge in [-0.1, -0.05) is 0 Å². The summed E-state index contributed by atoms with van der Waals surface area (Å²) >= 11 is 0. The van der Waals surface area contributed by atoms with E-state index in [1.807, 2.05) is 0 Å². The number of nitrogens with one attached hydrogen (secondary N) is 1. The highest BCUT2D eigenvalue weighted by Crippen LogP contribution is 2.31. The molecule has 0 bridgehead atoms. The highest BCUT2D eigenvalue weighted by atomic mass is 19.4. The lowest BCUT2D eigenvalue weighted by atomic mass is 10.0. The van der Waals surface area contributed by atoms with Crippen LogP contribution < -0.4 is 5.32 Å². The number of carbonyl (C=O) groups excluding carboxylic acids is 1. The second-order valence-electron chi connectivity index (χ2n) is 4.65. The predicted molar refractivity (Wildman–Crippen MR) is 53.9 cm³/mol. The first-order chi connectivity index (χ1) is 7.17. The molecule has 0 aliphatic heterocycles. The van der Waals surface area contributed by atoms with Crippen molar-refractivity contribution in [3.63, 3.8) is 0 Å². The number of halogens is 3. The van der Waals surface area contributed by atoms with Gasteiger partial charge < -0.3 is 10.2 Å². The van der Waals surface area contributed by atoms with Crippen LogP contribution >= 0.6 is 0 Å². The van der Waals surface area contributed by atoms with Crippen LogP contribution in [0.4, 0.5) is 13.2 Å². The fourth-order valence-electron chi connectivity index (χ4n) is 1.41. The quantitative estimate of drug-likeness (QED) is 0.805. The first-order valence-corrected chi connectivity index (χ1v) is 5.24. The van der Waals surface area contributed by atoms with Crippen LogP contribution in [0.25, 0.3) is 0 Å². The van der Waals surface area contributed by atoms with Crippen molar-refractivity contribution in [2.45, 2.75) is 44.4 Å². The second-order valence-corrected chi connectivity index (χ2v) is 4.65. The third kappa shape index (κ3) is 3.37. The molecular formula is C10H17F3N2O. The maximum absolute atomic E-state index is 12.3. The van der Waals surface area contributed by atoms with Gasteiger partial charge in [0.25, 0.3) is 0 Å². The summed E-state index contributed by atoms with van der Waals surface area (Å²) in [7, 11) is 1.57. The van der Waals surface area contributed by atoms with E-state index in [4.69, 9.17) is 0 Å². The lowest BCUT2D eigenvalue weighted by Gasteiger charge is -2.32. The van der Waals surface area contributed by atoms with Gasteiger partial charge in [-0.2, -0.15) is 13.2 Å². The molecule has 3 nitrogen and oxygen atoms in total. The molecule has 1 N–H and O–H groups in total. The third-order valence-corrected chi connectivity index (χ3v) is 2.76. The van der Waals surface area contributed by atoms with Crippen molar-refractivity contribution >= 4 is 5.91 Å². The van der Waals surface area contributed by atoms with Crippen LogP contribution in [-0.4, -0.2) is 42.2 Å². The Morgan fingerprint density at radius 2 is 1.88 bits per heavy atom. The molecular weight excluding hydrogens is 221 g/mol. The van der Waals surface area contributed by atoms with Gasteiger partial charge in [0.05, 0.1) is 5.54 Å². The average molecular weight is 238 g/mol. The number of likely N-dealkylation sites (N-methyl/N-ethyl adjacent to an activating group) is 1. The highest BCUT2D eigenvalue weighted by molar-refractivity contribution is 5.86. The zero-order valence-electron chi connectivity index (χ0n) is 9.69. The molecule has 1 aliphatic carbocycles. The molecule has 94 valence electrons. The fraction of sp³-hybridized carbons (Fsp3) is 0.900. The largest absolute Gasteiger partial charge is 0.406 e. The smallest absolute Gasteiger partial charge is 0.329 e. The van der Waals surface area contributed by atoms with Gasteiger partial charge in [-0.05, 0) is 33.7 Å². The number of hydrogen-bond acceptors (Lipinski definition) is 2. The van der Waals surface area contributed by atoms with Crippen molar-refractivity contribution in [3.05, 3.63) is 0 Å². The number of alkyl halides is 3. The monoisotopic (exact) mass is 238 g/mol. The zero-order valence-corrected chi connectivity index (χ0v) is 9.69. The molecule has 0 unspecified atom stereocenters. The van der Waals surface area contributed by atoms with E-state index in [0.717, 1.165) is 4.90 Å². The molecule has 0 aromatic carbocycles. The minimum atomic E-state index is -4.33. The van der Waals surface area contributed by atoms with Crippen molar-refractivity contribution in [2.24, 2.45) is 0 Å². The first-order valence-electron chi connectivity index (χ1n) is 5.24. The molecule has 0 radical (unpaired) electrons. The fourth-order valence-corrected chi connectivity index (χ4v) is 1.41. The predicted octanol–water partition coefficient (Wildman–Crippen LogP) is 1.54. The van der Waals surface area contributed by atoms with Crippen LogP contribution in [0, 0.1) is 0 Å². The zero-order chi connectivity index (χ0) is 12.6. The summed E-state index contributed by atoms with van der Waals surface area (Å²) in [5.74, 6) is -0.491. The van der Waals surface area contributed by atoms with Crippen molar-refractivity contribution in [2.75, 3.05) is 13.6 Å².